The van der Waals surface area contributed by atoms with Crippen molar-refractivity contribution in [3.05, 3.63) is 22.3 Å². The second kappa shape index (κ2) is 2.88. The molecule has 0 aromatic carbocycles. The number of aliphatic carboxylic acids is 1. The highest BCUT2D eigenvalue weighted by Crippen LogP contribution is 2.48. The first-order chi connectivity index (χ1) is 6.57. The van der Waals surface area contributed by atoms with Crippen LogP contribution in [0.1, 0.15) is 13.8 Å². The topological polar surface area (TPSA) is 57.6 Å². The zero-order valence-corrected chi connectivity index (χ0v) is 8.59. The number of fused-ring (bicyclic) bond motifs is 1. The van der Waals surface area contributed by atoms with E-state index in [0.717, 1.165) is 0 Å². The van der Waals surface area contributed by atoms with Crippen LogP contribution in [0.2, 0.25) is 0 Å². The molecule has 74 valence electrons. The third-order valence-corrected chi connectivity index (χ3v) is 3.58. The van der Waals surface area contributed by atoms with Gasteiger partial charge in [-0.2, -0.15) is 0 Å². The zero-order valence-electron chi connectivity index (χ0n) is 7.77. The van der Waals surface area contributed by atoms with Crippen molar-refractivity contribution in [2.24, 2.45) is 0 Å². The molecule has 1 amide bonds. The van der Waals surface area contributed by atoms with Crippen LogP contribution in [-0.4, -0.2) is 27.3 Å². The number of carbonyl (C=O) groups excluding carboxylic acids is 1. The normalized spacial score (nSPS) is 28.1. The number of hydrogen-bond donors (Lipinski definition) is 1. The van der Waals surface area contributed by atoms with Gasteiger partial charge in [0.2, 0.25) is 0 Å². The molecule has 1 saturated heterocycles. The SMILES string of the molecule is C/C=C1/C(=O)N2C(C(=O)O)=C(C)S[C@@H]12. The number of thioether (sulfide) groups is 1. The first-order valence-electron chi connectivity index (χ1n) is 4.18. The molecule has 0 radical (unpaired) electrons. The smallest absolute Gasteiger partial charge is 0.353 e. The maximum absolute atomic E-state index is 11.5. The van der Waals surface area contributed by atoms with Gasteiger partial charge in [-0.3, -0.25) is 9.69 Å². The Balaban J connectivity index is 2.37. The maximum Gasteiger partial charge on any atom is 0.353 e. The van der Waals surface area contributed by atoms with Crippen LogP contribution in [0.4, 0.5) is 0 Å². The summed E-state index contributed by atoms with van der Waals surface area (Å²) in [5, 5.41) is 8.80. The standard InChI is InChI=1S/C9H9NO3S/c1-3-5-7(11)10-6(9(12)13)4(2)14-8(5)10/h3,8H,1-2H3,(H,12,13)/b5-3-/t8-/m0/s1. The summed E-state index contributed by atoms with van der Waals surface area (Å²) < 4.78 is 0. The van der Waals surface area contributed by atoms with Crippen LogP contribution >= 0.6 is 11.8 Å². The summed E-state index contributed by atoms with van der Waals surface area (Å²) in [6.07, 6.45) is 1.74. The molecule has 0 saturated carbocycles. The van der Waals surface area contributed by atoms with Crippen molar-refractivity contribution in [3.63, 3.8) is 0 Å². The Morgan fingerprint density at radius 1 is 1.64 bits per heavy atom. The fraction of sp³-hybridized carbons (Fsp3) is 0.333. The van der Waals surface area contributed by atoms with Crippen LogP contribution in [0, 0.1) is 0 Å². The molecule has 2 aliphatic rings. The van der Waals surface area contributed by atoms with E-state index in [1.165, 1.54) is 16.7 Å². The summed E-state index contributed by atoms with van der Waals surface area (Å²) in [7, 11) is 0. The molecular weight excluding hydrogens is 202 g/mol. The average Bonchev–Trinajstić information content (AvgIpc) is 2.40. The lowest BCUT2D eigenvalue weighted by atomic mass is 10.1. The summed E-state index contributed by atoms with van der Waals surface area (Å²) in [5.74, 6) is -1.21. The summed E-state index contributed by atoms with van der Waals surface area (Å²) in [6, 6.07) is 0. The Morgan fingerprint density at radius 2 is 2.29 bits per heavy atom. The van der Waals surface area contributed by atoms with Gasteiger partial charge in [-0.05, 0) is 13.8 Å². The molecule has 0 spiro atoms. The fourth-order valence-corrected chi connectivity index (χ4v) is 2.97. The maximum atomic E-state index is 11.5. The zero-order chi connectivity index (χ0) is 10.5. The third kappa shape index (κ3) is 0.957. The van der Waals surface area contributed by atoms with Gasteiger partial charge in [-0.25, -0.2) is 4.79 Å². The molecule has 5 heteroatoms. The van der Waals surface area contributed by atoms with Crippen LogP contribution in [-0.2, 0) is 9.59 Å². The van der Waals surface area contributed by atoms with E-state index in [1.807, 2.05) is 0 Å². The van der Waals surface area contributed by atoms with E-state index in [0.29, 0.717) is 10.5 Å². The second-order valence-corrected chi connectivity index (χ2v) is 4.39. The van der Waals surface area contributed by atoms with E-state index < -0.39 is 5.97 Å². The van der Waals surface area contributed by atoms with E-state index >= 15 is 0 Å². The molecule has 2 rings (SSSR count). The quantitative estimate of drug-likeness (QED) is 0.522. The molecule has 1 atom stereocenters. The van der Waals surface area contributed by atoms with Crippen molar-refractivity contribution in [3.8, 4) is 0 Å². The van der Waals surface area contributed by atoms with Crippen molar-refractivity contribution in [2.75, 3.05) is 0 Å². The number of carboxylic acids is 1. The van der Waals surface area contributed by atoms with Gasteiger partial charge in [0.1, 0.15) is 11.1 Å². The highest BCUT2D eigenvalue weighted by Gasteiger charge is 2.50. The molecular formula is C9H9NO3S. The van der Waals surface area contributed by atoms with Gasteiger partial charge in [0.05, 0.1) is 0 Å². The van der Waals surface area contributed by atoms with Gasteiger partial charge in [0.25, 0.3) is 5.91 Å². The minimum absolute atomic E-state index is 0.0985. The second-order valence-electron chi connectivity index (χ2n) is 3.10. The fourth-order valence-electron chi connectivity index (χ4n) is 1.67. The van der Waals surface area contributed by atoms with E-state index in [1.54, 1.807) is 19.9 Å². The van der Waals surface area contributed by atoms with Gasteiger partial charge in [0.15, 0.2) is 0 Å². The molecule has 2 aliphatic heterocycles. The first-order valence-corrected chi connectivity index (χ1v) is 5.06. The lowest BCUT2D eigenvalue weighted by molar-refractivity contribution is -0.141. The predicted octanol–water partition coefficient (Wildman–Crippen LogP) is 1.16. The minimum Gasteiger partial charge on any atom is -0.477 e. The molecule has 2 heterocycles. The van der Waals surface area contributed by atoms with E-state index in [2.05, 4.69) is 0 Å². The van der Waals surface area contributed by atoms with Crippen LogP contribution in [0.15, 0.2) is 22.3 Å². The summed E-state index contributed by atoms with van der Waals surface area (Å²) >= 11 is 1.42. The lowest BCUT2D eigenvalue weighted by Crippen LogP contribution is -2.51. The van der Waals surface area contributed by atoms with Gasteiger partial charge in [-0.15, -0.1) is 0 Å². The van der Waals surface area contributed by atoms with Crippen LogP contribution in [0.5, 0.6) is 0 Å². The molecule has 1 N–H and O–H groups in total. The van der Waals surface area contributed by atoms with Crippen LogP contribution in [0.3, 0.4) is 0 Å². The number of carboxylic acid groups (broad SMARTS) is 1. The Hall–Kier alpha value is -1.23. The van der Waals surface area contributed by atoms with Gasteiger partial charge in [0, 0.05) is 10.5 Å². The first kappa shape index (κ1) is 9.33. The summed E-state index contributed by atoms with van der Waals surface area (Å²) in [4.78, 5) is 24.4. The lowest BCUT2D eigenvalue weighted by Gasteiger charge is -2.36. The van der Waals surface area contributed by atoms with Crippen LogP contribution < -0.4 is 0 Å². The van der Waals surface area contributed by atoms with E-state index in [-0.39, 0.29) is 17.0 Å². The Morgan fingerprint density at radius 3 is 2.79 bits per heavy atom. The summed E-state index contributed by atoms with van der Waals surface area (Å²) in [5.41, 5.74) is 0.834. The van der Waals surface area contributed by atoms with Crippen molar-refractivity contribution in [1.82, 2.24) is 4.90 Å². The molecule has 4 nitrogen and oxygen atoms in total. The number of rotatable bonds is 1. The molecule has 0 aliphatic carbocycles. The number of hydrogen-bond acceptors (Lipinski definition) is 3. The Labute approximate surface area is 85.3 Å². The number of nitrogens with zero attached hydrogens (tertiary/aromatic N) is 1. The highest BCUT2D eigenvalue weighted by molar-refractivity contribution is 8.04. The van der Waals surface area contributed by atoms with E-state index in [4.69, 9.17) is 5.11 Å². The van der Waals surface area contributed by atoms with Crippen LogP contribution in [0.25, 0.3) is 0 Å². The predicted molar refractivity (Wildman–Crippen MR) is 52.3 cm³/mol. The van der Waals surface area contributed by atoms with Crippen molar-refractivity contribution >= 4 is 23.6 Å². The molecule has 0 aromatic rings. The largest absolute Gasteiger partial charge is 0.477 e. The molecule has 0 aromatic heterocycles. The minimum atomic E-state index is -1.03. The molecule has 14 heavy (non-hydrogen) atoms. The Kier molecular flexibility index (Phi) is 1.92. The Bertz CT molecular complexity index is 397. The van der Waals surface area contributed by atoms with Crippen molar-refractivity contribution < 1.29 is 14.7 Å². The number of carbonyl (C=O) groups is 2. The van der Waals surface area contributed by atoms with Gasteiger partial charge in [-0.1, -0.05) is 17.8 Å². The monoisotopic (exact) mass is 211 g/mol. The third-order valence-electron chi connectivity index (χ3n) is 2.34. The average molecular weight is 211 g/mol. The van der Waals surface area contributed by atoms with Crippen molar-refractivity contribution in [1.29, 1.82) is 0 Å². The molecule has 0 unspecified atom stereocenters. The van der Waals surface area contributed by atoms with Gasteiger partial charge < -0.3 is 5.11 Å². The highest BCUT2D eigenvalue weighted by atomic mass is 32.2. The molecule has 0 bridgehead atoms. The van der Waals surface area contributed by atoms with Crippen molar-refractivity contribution in [2.45, 2.75) is 19.2 Å². The van der Waals surface area contributed by atoms with E-state index in [9.17, 15) is 9.59 Å². The number of β-lactam (4-membered cyclic amide) rings is 1. The molecule has 1 fully saturated rings. The summed E-state index contributed by atoms with van der Waals surface area (Å²) in [6.45, 7) is 3.52. The number of amides is 1. The van der Waals surface area contributed by atoms with Gasteiger partial charge >= 0.3 is 5.97 Å². The number of allylic oxidation sites excluding steroid dienone is 2.